The van der Waals surface area contributed by atoms with Gasteiger partial charge in [-0.3, -0.25) is 9.78 Å². The van der Waals surface area contributed by atoms with E-state index in [-0.39, 0.29) is 5.91 Å². The molecule has 0 radical (unpaired) electrons. The second-order valence-electron chi connectivity index (χ2n) is 4.00. The topological polar surface area (TPSA) is 42.3 Å². The van der Waals surface area contributed by atoms with Crippen LogP contribution in [-0.2, 0) is 0 Å². The summed E-state index contributed by atoms with van der Waals surface area (Å²) in [5.74, 6) is -0.170. The fraction of sp³-hybridized carbons (Fsp3) is 0.0714. The second-order valence-corrected chi connectivity index (χ2v) is 4.00. The Balaban J connectivity index is 2.15. The van der Waals surface area contributed by atoms with Crippen LogP contribution in [0, 0.1) is 6.92 Å². The van der Waals surface area contributed by atoms with Gasteiger partial charge in [-0.05, 0) is 25.1 Å². The third-order valence-electron chi connectivity index (χ3n) is 2.81. The zero-order valence-electron chi connectivity index (χ0n) is 9.34. The summed E-state index contributed by atoms with van der Waals surface area (Å²) in [5, 5.41) is 0. The van der Waals surface area contributed by atoms with Crippen LogP contribution >= 0.6 is 0 Å². The molecule has 0 fully saturated rings. The summed E-state index contributed by atoms with van der Waals surface area (Å²) in [6.07, 6.45) is 1.75. The van der Waals surface area contributed by atoms with Gasteiger partial charge in [-0.2, -0.15) is 0 Å². The van der Waals surface area contributed by atoms with Gasteiger partial charge in [-0.25, -0.2) is 4.99 Å². The SMILES string of the molecule is Cc1ccc(C2=NC(=O)c3ccccc32)cn1. The van der Waals surface area contributed by atoms with Crippen molar-refractivity contribution < 1.29 is 4.79 Å². The Morgan fingerprint density at radius 2 is 1.76 bits per heavy atom. The van der Waals surface area contributed by atoms with E-state index in [2.05, 4.69) is 9.98 Å². The maximum atomic E-state index is 11.7. The van der Waals surface area contributed by atoms with Crippen molar-refractivity contribution in [2.75, 3.05) is 0 Å². The third kappa shape index (κ3) is 1.56. The molecule has 0 aliphatic carbocycles. The molecule has 0 unspecified atom stereocenters. The second kappa shape index (κ2) is 3.63. The van der Waals surface area contributed by atoms with E-state index in [1.807, 2.05) is 37.3 Å². The van der Waals surface area contributed by atoms with Gasteiger partial charge in [0.15, 0.2) is 0 Å². The van der Waals surface area contributed by atoms with E-state index in [4.69, 9.17) is 0 Å². The maximum absolute atomic E-state index is 11.7. The number of pyridine rings is 1. The maximum Gasteiger partial charge on any atom is 0.278 e. The highest BCUT2D eigenvalue weighted by Crippen LogP contribution is 2.22. The summed E-state index contributed by atoms with van der Waals surface area (Å²) < 4.78 is 0. The molecule has 0 bridgehead atoms. The number of carbonyl (C=O) groups is 1. The highest BCUT2D eigenvalue weighted by Gasteiger charge is 2.23. The minimum atomic E-state index is -0.170. The van der Waals surface area contributed by atoms with Crippen molar-refractivity contribution in [1.29, 1.82) is 0 Å². The minimum absolute atomic E-state index is 0.170. The molecule has 3 rings (SSSR count). The number of benzene rings is 1. The van der Waals surface area contributed by atoms with Crippen LogP contribution in [0.15, 0.2) is 47.6 Å². The zero-order chi connectivity index (χ0) is 11.8. The molecule has 1 aliphatic rings. The average molecular weight is 222 g/mol. The van der Waals surface area contributed by atoms with Crippen molar-refractivity contribution in [1.82, 2.24) is 4.98 Å². The Bertz CT molecular complexity index is 627. The Kier molecular flexibility index (Phi) is 2.11. The van der Waals surface area contributed by atoms with Gasteiger partial charge in [-0.1, -0.05) is 18.2 Å². The van der Waals surface area contributed by atoms with Crippen LogP contribution < -0.4 is 0 Å². The van der Waals surface area contributed by atoms with Crippen molar-refractivity contribution in [3.8, 4) is 0 Å². The number of amides is 1. The lowest BCUT2D eigenvalue weighted by molar-refractivity contribution is 0.101. The predicted octanol–water partition coefficient (Wildman–Crippen LogP) is 2.38. The monoisotopic (exact) mass is 222 g/mol. The number of hydrogen-bond acceptors (Lipinski definition) is 2. The van der Waals surface area contributed by atoms with Gasteiger partial charge in [-0.15, -0.1) is 0 Å². The first kappa shape index (κ1) is 9.90. The molecule has 0 saturated heterocycles. The summed E-state index contributed by atoms with van der Waals surface area (Å²) in [6, 6.07) is 11.3. The van der Waals surface area contributed by atoms with Crippen LogP contribution in [0.5, 0.6) is 0 Å². The number of rotatable bonds is 1. The van der Waals surface area contributed by atoms with Gasteiger partial charge in [0.1, 0.15) is 0 Å². The standard InChI is InChI=1S/C14H10N2O/c1-9-6-7-10(8-15-9)13-11-4-2-3-5-12(11)14(17)16-13/h2-8H,1H3. The molecule has 0 spiro atoms. The van der Waals surface area contributed by atoms with E-state index >= 15 is 0 Å². The normalized spacial score (nSPS) is 13.5. The highest BCUT2D eigenvalue weighted by atomic mass is 16.1. The van der Waals surface area contributed by atoms with E-state index in [1.165, 1.54) is 0 Å². The molecule has 17 heavy (non-hydrogen) atoms. The summed E-state index contributed by atoms with van der Waals surface area (Å²) >= 11 is 0. The largest absolute Gasteiger partial charge is 0.278 e. The number of aryl methyl sites for hydroxylation is 1. The summed E-state index contributed by atoms with van der Waals surface area (Å²) in [7, 11) is 0. The van der Waals surface area contributed by atoms with Crippen molar-refractivity contribution in [3.05, 3.63) is 65.0 Å². The minimum Gasteiger partial charge on any atom is -0.267 e. The average Bonchev–Trinajstić information content (AvgIpc) is 2.69. The number of hydrogen-bond donors (Lipinski definition) is 0. The molecule has 3 heteroatoms. The van der Waals surface area contributed by atoms with Gasteiger partial charge in [0.2, 0.25) is 0 Å². The van der Waals surface area contributed by atoms with Crippen molar-refractivity contribution in [2.45, 2.75) is 6.92 Å². The molecule has 1 aromatic carbocycles. The van der Waals surface area contributed by atoms with Gasteiger partial charge in [0.25, 0.3) is 5.91 Å². The van der Waals surface area contributed by atoms with Crippen molar-refractivity contribution in [3.63, 3.8) is 0 Å². The van der Waals surface area contributed by atoms with Gasteiger partial charge in [0, 0.05) is 23.0 Å². The first-order valence-electron chi connectivity index (χ1n) is 5.41. The smallest absolute Gasteiger partial charge is 0.267 e. The number of aromatic nitrogens is 1. The predicted molar refractivity (Wildman–Crippen MR) is 65.4 cm³/mol. The Hall–Kier alpha value is -2.29. The molecular weight excluding hydrogens is 212 g/mol. The van der Waals surface area contributed by atoms with Crippen molar-refractivity contribution >= 4 is 11.6 Å². The molecule has 2 aromatic rings. The third-order valence-corrected chi connectivity index (χ3v) is 2.81. The molecule has 0 saturated carbocycles. The quantitative estimate of drug-likeness (QED) is 0.743. The summed E-state index contributed by atoms with van der Waals surface area (Å²) in [5.41, 5.74) is 4.12. The molecule has 3 nitrogen and oxygen atoms in total. The van der Waals surface area contributed by atoms with E-state index in [0.717, 1.165) is 22.5 Å². The van der Waals surface area contributed by atoms with Gasteiger partial charge >= 0.3 is 0 Å². The van der Waals surface area contributed by atoms with E-state index in [1.54, 1.807) is 12.3 Å². The molecule has 1 amide bonds. The van der Waals surface area contributed by atoms with E-state index in [0.29, 0.717) is 5.56 Å². The molecule has 82 valence electrons. The number of aliphatic imine (C=N–C) groups is 1. The molecule has 0 N–H and O–H groups in total. The number of carbonyl (C=O) groups excluding carboxylic acids is 1. The first-order valence-corrected chi connectivity index (χ1v) is 5.41. The molecular formula is C14H10N2O. The van der Waals surface area contributed by atoms with Crippen LogP contribution in [0.2, 0.25) is 0 Å². The highest BCUT2D eigenvalue weighted by molar-refractivity contribution is 6.27. The lowest BCUT2D eigenvalue weighted by Gasteiger charge is -2.02. The molecule has 0 atom stereocenters. The molecule has 1 aromatic heterocycles. The Morgan fingerprint density at radius 1 is 1.00 bits per heavy atom. The van der Waals surface area contributed by atoms with Crippen LogP contribution in [0.4, 0.5) is 0 Å². The number of fused-ring (bicyclic) bond motifs is 1. The van der Waals surface area contributed by atoms with Gasteiger partial charge in [0.05, 0.1) is 11.3 Å². The van der Waals surface area contributed by atoms with Crippen LogP contribution in [-0.4, -0.2) is 16.6 Å². The van der Waals surface area contributed by atoms with Crippen LogP contribution in [0.3, 0.4) is 0 Å². The molecule has 1 aliphatic heterocycles. The zero-order valence-corrected chi connectivity index (χ0v) is 9.34. The Labute approximate surface area is 98.9 Å². The summed E-state index contributed by atoms with van der Waals surface area (Å²) in [6.45, 7) is 1.93. The van der Waals surface area contributed by atoms with Crippen LogP contribution in [0.1, 0.15) is 27.2 Å². The fourth-order valence-corrected chi connectivity index (χ4v) is 1.93. The van der Waals surface area contributed by atoms with Crippen LogP contribution in [0.25, 0.3) is 0 Å². The van der Waals surface area contributed by atoms with Crippen molar-refractivity contribution in [2.24, 2.45) is 4.99 Å². The lowest BCUT2D eigenvalue weighted by atomic mass is 10.0. The lowest BCUT2D eigenvalue weighted by Crippen LogP contribution is -2.01. The number of nitrogens with zero attached hydrogens (tertiary/aromatic N) is 2. The Morgan fingerprint density at radius 3 is 2.47 bits per heavy atom. The summed E-state index contributed by atoms with van der Waals surface area (Å²) in [4.78, 5) is 20.0. The fourth-order valence-electron chi connectivity index (χ4n) is 1.93. The first-order chi connectivity index (χ1) is 8.25. The van der Waals surface area contributed by atoms with E-state index < -0.39 is 0 Å². The molecule has 2 heterocycles. The van der Waals surface area contributed by atoms with E-state index in [9.17, 15) is 4.79 Å². The van der Waals surface area contributed by atoms with Gasteiger partial charge < -0.3 is 0 Å².